The molecule has 0 atom stereocenters. The number of tetrazole rings is 1. The van der Waals surface area contributed by atoms with Gasteiger partial charge in [0.05, 0.1) is 17.2 Å². The molecule has 2 aromatic heterocycles. The van der Waals surface area contributed by atoms with E-state index in [-0.39, 0.29) is 5.78 Å². The van der Waals surface area contributed by atoms with E-state index in [9.17, 15) is 4.79 Å². The smallest absolute Gasteiger partial charge is 0.214 e. The average Bonchev–Trinajstić information content (AvgIpc) is 3.29. The zero-order valence-electron chi connectivity index (χ0n) is 14.0. The van der Waals surface area contributed by atoms with Crippen molar-refractivity contribution in [2.45, 2.75) is 25.4 Å². The zero-order chi connectivity index (χ0) is 17.6. The van der Waals surface area contributed by atoms with E-state index in [1.54, 1.807) is 16.0 Å². The molecule has 8 heteroatoms. The summed E-state index contributed by atoms with van der Waals surface area (Å²) >= 11 is 2.87. The first-order chi connectivity index (χ1) is 12.2. The lowest BCUT2D eigenvalue weighted by atomic mass is 10.3. The van der Waals surface area contributed by atoms with Crippen molar-refractivity contribution in [3.63, 3.8) is 0 Å². The number of hydrogen-bond donors (Lipinski definition) is 0. The van der Waals surface area contributed by atoms with Crippen LogP contribution in [0.25, 0.3) is 5.69 Å². The molecule has 3 rings (SSSR count). The van der Waals surface area contributed by atoms with Crippen LogP contribution in [0.15, 0.2) is 41.6 Å². The van der Waals surface area contributed by atoms with E-state index in [0.717, 1.165) is 17.0 Å². The zero-order valence-corrected chi connectivity index (χ0v) is 15.6. The fourth-order valence-electron chi connectivity index (χ4n) is 2.25. The summed E-state index contributed by atoms with van der Waals surface area (Å²) in [5, 5.41) is 12.4. The largest absolute Gasteiger partial charge is 0.492 e. The molecule has 130 valence electrons. The normalized spacial score (nSPS) is 10.8. The number of thiophene rings is 1. The Bertz CT molecular complexity index is 860. The van der Waals surface area contributed by atoms with Crippen LogP contribution in [-0.4, -0.2) is 38.4 Å². The number of benzene rings is 1. The summed E-state index contributed by atoms with van der Waals surface area (Å²) in [4.78, 5) is 14.4. The highest BCUT2D eigenvalue weighted by atomic mass is 32.2. The Labute approximate surface area is 154 Å². The first kappa shape index (κ1) is 17.6. The molecule has 6 nitrogen and oxygen atoms in total. The number of para-hydroxylation sites is 2. The number of ketones is 1. The number of ether oxygens (including phenoxy) is 1. The van der Waals surface area contributed by atoms with Crippen molar-refractivity contribution in [3.05, 3.63) is 46.2 Å². The van der Waals surface area contributed by atoms with Gasteiger partial charge in [-0.3, -0.25) is 4.79 Å². The molecule has 3 aromatic rings. The van der Waals surface area contributed by atoms with Crippen molar-refractivity contribution in [3.8, 4) is 11.4 Å². The van der Waals surface area contributed by atoms with Gasteiger partial charge < -0.3 is 4.74 Å². The third-order valence-corrected chi connectivity index (χ3v) is 5.64. The van der Waals surface area contributed by atoms with Crippen LogP contribution in [0.2, 0.25) is 0 Å². The van der Waals surface area contributed by atoms with E-state index in [0.29, 0.717) is 23.3 Å². The van der Waals surface area contributed by atoms with Crippen LogP contribution in [0.1, 0.15) is 28.4 Å². The second-order valence-corrected chi connectivity index (χ2v) is 7.22. The van der Waals surface area contributed by atoms with Gasteiger partial charge in [0.2, 0.25) is 5.16 Å². The second kappa shape index (κ2) is 8.26. The predicted octanol–water partition coefficient (Wildman–Crippen LogP) is 3.66. The summed E-state index contributed by atoms with van der Waals surface area (Å²) in [6.45, 7) is 4.56. The Hall–Kier alpha value is -2.19. The number of aromatic nitrogens is 4. The number of carbonyl (C=O) groups excluding carboxylic acids is 1. The molecular formula is C17H18N4O2S2. The molecule has 0 bridgehead atoms. The summed E-state index contributed by atoms with van der Waals surface area (Å²) in [7, 11) is 0. The van der Waals surface area contributed by atoms with Crippen molar-refractivity contribution in [1.29, 1.82) is 0 Å². The Balaban J connectivity index is 1.75. The van der Waals surface area contributed by atoms with Gasteiger partial charge in [0.25, 0.3) is 0 Å². The lowest BCUT2D eigenvalue weighted by Crippen LogP contribution is -2.05. The molecule has 2 heterocycles. The predicted molar refractivity (Wildman–Crippen MR) is 99.1 cm³/mol. The van der Waals surface area contributed by atoms with Crippen LogP contribution in [0.3, 0.4) is 0 Å². The Morgan fingerprint density at radius 3 is 2.84 bits per heavy atom. The SMILES string of the molecule is CCOc1ccccc1-n1nnnc1SCC(=O)c1ccc(CC)s1. The molecule has 0 aliphatic rings. The van der Waals surface area contributed by atoms with Crippen molar-refractivity contribution < 1.29 is 9.53 Å². The van der Waals surface area contributed by atoms with E-state index in [1.807, 2.05) is 43.3 Å². The third-order valence-electron chi connectivity index (χ3n) is 3.45. The van der Waals surface area contributed by atoms with Crippen LogP contribution in [0.5, 0.6) is 5.75 Å². The summed E-state index contributed by atoms with van der Waals surface area (Å²) in [5.41, 5.74) is 0.758. The number of aryl methyl sites for hydroxylation is 1. The number of hydrogen-bond acceptors (Lipinski definition) is 7. The first-order valence-electron chi connectivity index (χ1n) is 7.98. The van der Waals surface area contributed by atoms with Crippen LogP contribution >= 0.6 is 23.1 Å². The highest BCUT2D eigenvalue weighted by molar-refractivity contribution is 7.99. The van der Waals surface area contributed by atoms with Gasteiger partial charge in [-0.25, -0.2) is 0 Å². The third kappa shape index (κ3) is 4.08. The molecule has 0 amide bonds. The van der Waals surface area contributed by atoms with Gasteiger partial charge in [-0.1, -0.05) is 30.8 Å². The molecule has 1 aromatic carbocycles. The topological polar surface area (TPSA) is 69.9 Å². The highest BCUT2D eigenvalue weighted by Crippen LogP contribution is 2.27. The molecule has 25 heavy (non-hydrogen) atoms. The van der Waals surface area contributed by atoms with E-state index in [4.69, 9.17) is 4.74 Å². The van der Waals surface area contributed by atoms with Crippen molar-refractivity contribution in [2.75, 3.05) is 12.4 Å². The summed E-state index contributed by atoms with van der Waals surface area (Å²) in [6, 6.07) is 11.5. The molecular weight excluding hydrogens is 356 g/mol. The Kier molecular flexibility index (Phi) is 5.83. The lowest BCUT2D eigenvalue weighted by Gasteiger charge is -2.10. The summed E-state index contributed by atoms with van der Waals surface area (Å²) in [6.07, 6.45) is 0.942. The quantitative estimate of drug-likeness (QED) is 0.443. The molecule has 0 aliphatic heterocycles. The fourth-order valence-corrected chi connectivity index (χ4v) is 3.99. The van der Waals surface area contributed by atoms with Gasteiger partial charge >= 0.3 is 0 Å². The van der Waals surface area contributed by atoms with Gasteiger partial charge in [-0.2, -0.15) is 4.68 Å². The molecule has 0 aliphatic carbocycles. The molecule has 0 N–H and O–H groups in total. The number of nitrogens with zero attached hydrogens (tertiary/aromatic N) is 4. The van der Waals surface area contributed by atoms with Crippen molar-refractivity contribution in [1.82, 2.24) is 20.2 Å². The van der Waals surface area contributed by atoms with Crippen LogP contribution in [0.4, 0.5) is 0 Å². The lowest BCUT2D eigenvalue weighted by molar-refractivity contribution is 0.102. The minimum absolute atomic E-state index is 0.0855. The van der Waals surface area contributed by atoms with Crippen LogP contribution < -0.4 is 4.74 Å². The van der Waals surface area contributed by atoms with E-state index in [1.165, 1.54) is 16.6 Å². The number of rotatable bonds is 8. The van der Waals surface area contributed by atoms with E-state index in [2.05, 4.69) is 22.4 Å². The second-order valence-electron chi connectivity index (χ2n) is 5.11. The molecule has 0 radical (unpaired) electrons. The van der Waals surface area contributed by atoms with Gasteiger partial charge in [-0.15, -0.1) is 16.4 Å². The molecule has 0 saturated carbocycles. The summed E-state index contributed by atoms with van der Waals surface area (Å²) < 4.78 is 7.24. The van der Waals surface area contributed by atoms with E-state index < -0.39 is 0 Å². The maximum absolute atomic E-state index is 12.4. The molecule has 0 saturated heterocycles. The van der Waals surface area contributed by atoms with Gasteiger partial charge in [0, 0.05) is 4.88 Å². The van der Waals surface area contributed by atoms with Crippen molar-refractivity contribution in [2.24, 2.45) is 0 Å². The van der Waals surface area contributed by atoms with Crippen LogP contribution in [0, 0.1) is 0 Å². The standard InChI is InChI=1S/C17H18N4O2S2/c1-3-12-9-10-16(25-12)14(22)11-24-17-18-19-20-21(17)13-7-5-6-8-15(13)23-4-2/h5-10H,3-4,11H2,1-2H3. The minimum atomic E-state index is 0.0855. The number of carbonyl (C=O) groups is 1. The fraction of sp³-hybridized carbons (Fsp3) is 0.294. The van der Waals surface area contributed by atoms with Crippen molar-refractivity contribution >= 4 is 28.9 Å². The average molecular weight is 374 g/mol. The molecule has 0 fully saturated rings. The maximum atomic E-state index is 12.4. The van der Waals surface area contributed by atoms with Gasteiger partial charge in [0.15, 0.2) is 5.78 Å². The Morgan fingerprint density at radius 1 is 1.24 bits per heavy atom. The summed E-state index contributed by atoms with van der Waals surface area (Å²) in [5.74, 6) is 1.08. The maximum Gasteiger partial charge on any atom is 0.214 e. The monoisotopic (exact) mass is 374 g/mol. The minimum Gasteiger partial charge on any atom is -0.492 e. The Morgan fingerprint density at radius 2 is 2.08 bits per heavy atom. The number of thioether (sulfide) groups is 1. The van der Waals surface area contributed by atoms with Gasteiger partial charge in [0.1, 0.15) is 11.4 Å². The molecule has 0 unspecified atom stereocenters. The highest BCUT2D eigenvalue weighted by Gasteiger charge is 2.16. The van der Waals surface area contributed by atoms with Crippen LogP contribution in [-0.2, 0) is 6.42 Å². The van der Waals surface area contributed by atoms with Gasteiger partial charge in [-0.05, 0) is 48.0 Å². The number of Topliss-reactive ketones (excluding diaryl/α,β-unsaturated/α-hetero) is 1. The van der Waals surface area contributed by atoms with E-state index >= 15 is 0 Å². The first-order valence-corrected chi connectivity index (χ1v) is 9.78. The molecule has 0 spiro atoms.